The van der Waals surface area contributed by atoms with Gasteiger partial charge in [-0.1, -0.05) is 44.2 Å². The van der Waals surface area contributed by atoms with Crippen molar-refractivity contribution in [3.05, 3.63) is 35.9 Å². The molecular weight excluding hydrogens is 236 g/mol. The summed E-state index contributed by atoms with van der Waals surface area (Å²) in [5.74, 6) is 0.0989. The van der Waals surface area contributed by atoms with Gasteiger partial charge in [0.2, 0.25) is 5.91 Å². The highest BCUT2D eigenvalue weighted by molar-refractivity contribution is 5.76. The highest BCUT2D eigenvalue weighted by atomic mass is 16.1. The van der Waals surface area contributed by atoms with Gasteiger partial charge in [0.15, 0.2) is 0 Å². The van der Waals surface area contributed by atoms with E-state index in [-0.39, 0.29) is 17.4 Å². The monoisotopic (exact) mass is 262 g/mol. The minimum absolute atomic E-state index is 0.0574. The Morgan fingerprint density at radius 3 is 2.53 bits per heavy atom. The molecule has 0 radical (unpaired) electrons. The molecule has 0 saturated heterocycles. The summed E-state index contributed by atoms with van der Waals surface area (Å²) >= 11 is 0. The van der Waals surface area contributed by atoms with Gasteiger partial charge in [0.05, 0.1) is 0 Å². The van der Waals surface area contributed by atoms with Crippen LogP contribution in [0.2, 0.25) is 0 Å². The summed E-state index contributed by atoms with van der Waals surface area (Å²) in [7, 11) is 0. The van der Waals surface area contributed by atoms with Crippen molar-refractivity contribution in [2.24, 2.45) is 5.73 Å². The molecule has 3 nitrogen and oxygen atoms in total. The first-order valence-electron chi connectivity index (χ1n) is 7.00. The third-order valence-electron chi connectivity index (χ3n) is 3.39. The van der Waals surface area contributed by atoms with E-state index < -0.39 is 0 Å². The Hall–Kier alpha value is -1.35. The second-order valence-electron chi connectivity index (χ2n) is 5.81. The summed E-state index contributed by atoms with van der Waals surface area (Å²) in [6, 6.07) is 10.6. The Morgan fingerprint density at radius 1 is 1.32 bits per heavy atom. The molecule has 1 rings (SSSR count). The van der Waals surface area contributed by atoms with Gasteiger partial charge in [-0.3, -0.25) is 4.79 Å². The van der Waals surface area contributed by atoms with Crippen LogP contribution in [0.3, 0.4) is 0 Å². The molecule has 0 aliphatic rings. The molecule has 0 saturated carbocycles. The summed E-state index contributed by atoms with van der Waals surface area (Å²) in [6.45, 7) is 7.05. The van der Waals surface area contributed by atoms with Crippen molar-refractivity contribution < 1.29 is 4.79 Å². The van der Waals surface area contributed by atoms with E-state index in [2.05, 4.69) is 50.4 Å². The third kappa shape index (κ3) is 5.43. The molecule has 0 heterocycles. The number of carbonyl (C=O) groups is 1. The minimum atomic E-state index is 0.0574. The molecule has 3 heteroatoms. The molecule has 106 valence electrons. The number of rotatable bonds is 7. The average molecular weight is 262 g/mol. The Labute approximate surface area is 116 Å². The van der Waals surface area contributed by atoms with Gasteiger partial charge in [-0.25, -0.2) is 0 Å². The fraction of sp³-hybridized carbons (Fsp3) is 0.562. The van der Waals surface area contributed by atoms with Gasteiger partial charge < -0.3 is 11.1 Å². The maximum Gasteiger partial charge on any atom is 0.220 e. The van der Waals surface area contributed by atoms with Crippen molar-refractivity contribution in [3.63, 3.8) is 0 Å². The number of nitrogens with two attached hydrogens (primary N) is 1. The molecule has 0 fully saturated rings. The molecule has 19 heavy (non-hydrogen) atoms. The van der Waals surface area contributed by atoms with Crippen molar-refractivity contribution in [2.45, 2.75) is 51.5 Å². The standard InChI is InChI=1S/C16H26N2O/c1-13(18-15(19)10-7-11-17)12-16(2,3)14-8-5-4-6-9-14/h4-6,8-9,13H,7,10-12,17H2,1-3H3,(H,18,19). The van der Waals surface area contributed by atoms with Crippen molar-refractivity contribution in [2.75, 3.05) is 6.54 Å². The molecule has 1 aromatic carbocycles. The Kier molecular flexibility index (Phi) is 6.03. The van der Waals surface area contributed by atoms with Crippen LogP contribution in [0.15, 0.2) is 30.3 Å². The first-order chi connectivity index (χ1) is 8.95. The predicted octanol–water partition coefficient (Wildman–Crippen LogP) is 2.60. The van der Waals surface area contributed by atoms with Crippen LogP contribution in [-0.2, 0) is 10.2 Å². The molecule has 0 spiro atoms. The van der Waals surface area contributed by atoms with E-state index in [1.54, 1.807) is 0 Å². The number of hydrogen-bond acceptors (Lipinski definition) is 2. The molecule has 0 aliphatic heterocycles. The highest BCUT2D eigenvalue weighted by Gasteiger charge is 2.23. The Balaban J connectivity index is 2.51. The van der Waals surface area contributed by atoms with Gasteiger partial charge in [0.1, 0.15) is 0 Å². The van der Waals surface area contributed by atoms with Gasteiger partial charge in [-0.2, -0.15) is 0 Å². The summed E-state index contributed by atoms with van der Waals surface area (Å²) in [5.41, 5.74) is 6.77. The predicted molar refractivity (Wildman–Crippen MR) is 80.0 cm³/mol. The van der Waals surface area contributed by atoms with Gasteiger partial charge >= 0.3 is 0 Å². The molecule has 0 bridgehead atoms. The van der Waals surface area contributed by atoms with Gasteiger partial charge in [-0.15, -0.1) is 0 Å². The number of amides is 1. The maximum absolute atomic E-state index is 11.7. The summed E-state index contributed by atoms with van der Waals surface area (Å²) in [4.78, 5) is 11.7. The molecular formula is C16H26N2O. The van der Waals surface area contributed by atoms with Crippen molar-refractivity contribution >= 4 is 5.91 Å². The molecule has 3 N–H and O–H groups in total. The zero-order valence-corrected chi connectivity index (χ0v) is 12.3. The van der Waals surface area contributed by atoms with Crippen LogP contribution in [0.25, 0.3) is 0 Å². The zero-order valence-electron chi connectivity index (χ0n) is 12.3. The number of hydrogen-bond donors (Lipinski definition) is 2. The van der Waals surface area contributed by atoms with Crippen molar-refractivity contribution in [1.29, 1.82) is 0 Å². The molecule has 1 aromatic rings. The van der Waals surface area contributed by atoms with E-state index in [4.69, 9.17) is 5.73 Å². The van der Waals surface area contributed by atoms with E-state index in [1.807, 2.05) is 6.07 Å². The largest absolute Gasteiger partial charge is 0.354 e. The molecule has 0 aliphatic carbocycles. The van der Waals surface area contributed by atoms with E-state index in [0.717, 1.165) is 12.8 Å². The minimum Gasteiger partial charge on any atom is -0.354 e. The first-order valence-corrected chi connectivity index (χ1v) is 7.00. The van der Waals surface area contributed by atoms with Crippen LogP contribution in [-0.4, -0.2) is 18.5 Å². The second kappa shape index (κ2) is 7.29. The van der Waals surface area contributed by atoms with Crippen molar-refractivity contribution in [1.82, 2.24) is 5.32 Å². The van der Waals surface area contributed by atoms with E-state index in [1.165, 1.54) is 5.56 Å². The lowest BCUT2D eigenvalue weighted by Crippen LogP contribution is -2.37. The SMILES string of the molecule is CC(CC(C)(C)c1ccccc1)NC(=O)CCCN. The zero-order chi connectivity index (χ0) is 14.3. The van der Waals surface area contributed by atoms with Crippen LogP contribution in [0.4, 0.5) is 0 Å². The van der Waals surface area contributed by atoms with Crippen LogP contribution in [0.5, 0.6) is 0 Å². The van der Waals surface area contributed by atoms with E-state index >= 15 is 0 Å². The van der Waals surface area contributed by atoms with Gasteiger partial charge in [0.25, 0.3) is 0 Å². The Morgan fingerprint density at radius 2 is 1.95 bits per heavy atom. The molecule has 0 aromatic heterocycles. The smallest absolute Gasteiger partial charge is 0.220 e. The van der Waals surface area contributed by atoms with Gasteiger partial charge in [0, 0.05) is 12.5 Å². The van der Waals surface area contributed by atoms with Crippen LogP contribution < -0.4 is 11.1 Å². The average Bonchev–Trinajstić information content (AvgIpc) is 2.36. The van der Waals surface area contributed by atoms with E-state index in [0.29, 0.717) is 13.0 Å². The first kappa shape index (κ1) is 15.7. The lowest BCUT2D eigenvalue weighted by atomic mass is 9.79. The summed E-state index contributed by atoms with van der Waals surface area (Å²) in [6.07, 6.45) is 2.19. The molecule has 1 amide bonds. The topological polar surface area (TPSA) is 55.1 Å². The van der Waals surface area contributed by atoms with Crippen molar-refractivity contribution in [3.8, 4) is 0 Å². The second-order valence-corrected chi connectivity index (χ2v) is 5.81. The molecule has 1 unspecified atom stereocenters. The van der Waals surface area contributed by atoms with Crippen LogP contribution >= 0.6 is 0 Å². The fourth-order valence-corrected chi connectivity index (χ4v) is 2.43. The molecule has 1 atom stereocenters. The number of benzene rings is 1. The summed E-state index contributed by atoms with van der Waals surface area (Å²) < 4.78 is 0. The quantitative estimate of drug-likeness (QED) is 0.793. The maximum atomic E-state index is 11.7. The lowest BCUT2D eigenvalue weighted by molar-refractivity contribution is -0.121. The van der Waals surface area contributed by atoms with Crippen LogP contribution in [0.1, 0.15) is 45.6 Å². The fourth-order valence-electron chi connectivity index (χ4n) is 2.43. The lowest BCUT2D eigenvalue weighted by Gasteiger charge is -2.29. The van der Waals surface area contributed by atoms with Crippen LogP contribution in [0, 0.1) is 0 Å². The third-order valence-corrected chi connectivity index (χ3v) is 3.39. The number of nitrogens with one attached hydrogen (secondary N) is 1. The Bertz CT molecular complexity index is 387. The van der Waals surface area contributed by atoms with E-state index in [9.17, 15) is 4.79 Å². The highest BCUT2D eigenvalue weighted by Crippen LogP contribution is 2.28. The number of carbonyl (C=O) groups excluding carboxylic acids is 1. The summed E-state index contributed by atoms with van der Waals surface area (Å²) in [5, 5.41) is 3.05. The normalized spacial score (nSPS) is 13.1. The van der Waals surface area contributed by atoms with Gasteiger partial charge in [-0.05, 0) is 37.3 Å².